The van der Waals surface area contributed by atoms with Crippen LogP contribution in [0.1, 0.15) is 41.2 Å². The molecule has 0 bridgehead atoms. The van der Waals surface area contributed by atoms with Crippen LogP contribution >= 0.6 is 11.6 Å². The summed E-state index contributed by atoms with van der Waals surface area (Å²) in [6, 6.07) is 13.0. The van der Waals surface area contributed by atoms with Gasteiger partial charge in [0, 0.05) is 24.5 Å². The zero-order chi connectivity index (χ0) is 19.7. The molecule has 0 spiro atoms. The molecule has 4 rings (SSSR count). The normalized spacial score (nSPS) is 20.6. The number of amides is 1. The first-order chi connectivity index (χ1) is 13.6. The van der Waals surface area contributed by atoms with E-state index in [2.05, 4.69) is 0 Å². The van der Waals surface area contributed by atoms with E-state index < -0.39 is 6.10 Å². The zero-order valence-corrected chi connectivity index (χ0v) is 16.3. The topological polar surface area (TPSA) is 72.6 Å². The van der Waals surface area contributed by atoms with E-state index in [1.807, 2.05) is 36.4 Å². The summed E-state index contributed by atoms with van der Waals surface area (Å²) in [5.41, 5.74) is 9.72. The predicted molar refractivity (Wildman–Crippen MR) is 107 cm³/mol. The molecule has 28 heavy (non-hydrogen) atoms. The maximum atomic E-state index is 12.9. The Labute approximate surface area is 169 Å². The minimum Gasteiger partial charge on any atom is -0.359 e. The number of ether oxygens (including phenoxy) is 1. The highest BCUT2D eigenvalue weighted by atomic mass is 35.5. The average Bonchev–Trinajstić information content (AvgIpc) is 3.10. The first kappa shape index (κ1) is 19.1. The fourth-order valence-electron chi connectivity index (χ4n) is 3.98. The third-order valence-corrected chi connectivity index (χ3v) is 5.91. The summed E-state index contributed by atoms with van der Waals surface area (Å²) in [6.45, 7) is 1.45. The Balaban J connectivity index is 1.40. The van der Waals surface area contributed by atoms with Gasteiger partial charge < -0.3 is 15.4 Å². The van der Waals surface area contributed by atoms with E-state index >= 15 is 0 Å². The molecule has 0 radical (unpaired) electrons. The molecular weight excluding hydrogens is 376 g/mol. The lowest BCUT2D eigenvalue weighted by Gasteiger charge is -2.41. The molecule has 1 amide bonds. The van der Waals surface area contributed by atoms with Crippen molar-refractivity contribution in [1.29, 1.82) is 0 Å². The van der Waals surface area contributed by atoms with Crippen molar-refractivity contribution in [3.63, 3.8) is 0 Å². The highest BCUT2D eigenvalue weighted by Gasteiger charge is 2.42. The lowest BCUT2D eigenvalue weighted by atomic mass is 9.92. The molecule has 1 unspecified atom stereocenters. The quantitative estimate of drug-likeness (QED) is 0.811. The third-order valence-electron chi connectivity index (χ3n) is 5.67. The molecule has 6 heteroatoms. The van der Waals surface area contributed by atoms with Gasteiger partial charge in [0.05, 0.1) is 12.6 Å². The number of nitrogens with two attached hydrogens (primary N) is 1. The molecule has 1 saturated heterocycles. The summed E-state index contributed by atoms with van der Waals surface area (Å²) in [6.07, 6.45) is 1.05. The number of hydrogen-bond donors (Lipinski definition) is 1. The first-order valence-electron chi connectivity index (χ1n) is 9.58. The van der Waals surface area contributed by atoms with E-state index in [0.29, 0.717) is 44.0 Å². The van der Waals surface area contributed by atoms with Gasteiger partial charge in [-0.1, -0.05) is 41.9 Å². The van der Waals surface area contributed by atoms with Gasteiger partial charge in [0.25, 0.3) is 5.91 Å². The van der Waals surface area contributed by atoms with Crippen molar-refractivity contribution in [2.24, 2.45) is 5.73 Å². The SMILES string of the molecule is NCc1ccc(Cl)cc1CCC(=O)[C@@H]1CCN1C(=O)C1OCc2ccccc21. The zero-order valence-electron chi connectivity index (χ0n) is 15.6. The Morgan fingerprint density at radius 3 is 2.75 bits per heavy atom. The molecule has 0 saturated carbocycles. The fourth-order valence-corrected chi connectivity index (χ4v) is 4.17. The molecule has 2 aromatic rings. The van der Waals surface area contributed by atoms with Crippen molar-refractivity contribution in [3.05, 3.63) is 69.7 Å². The largest absolute Gasteiger partial charge is 0.359 e. The number of nitrogens with zero attached hydrogens (tertiary/aromatic N) is 1. The molecule has 2 aromatic carbocycles. The Bertz CT molecular complexity index is 914. The molecule has 2 aliphatic rings. The van der Waals surface area contributed by atoms with E-state index in [-0.39, 0.29) is 17.7 Å². The van der Waals surface area contributed by atoms with Gasteiger partial charge >= 0.3 is 0 Å². The molecule has 0 aromatic heterocycles. The standard InChI is InChI=1S/C22H23ClN2O3/c23-17-7-5-15(12-24)14(11-17)6-8-20(26)19-9-10-25(19)22(27)21-18-4-2-1-3-16(18)13-28-21/h1-5,7,11,19,21H,6,8-10,12-13,24H2/t19-,21?/m0/s1. The summed E-state index contributed by atoms with van der Waals surface area (Å²) in [7, 11) is 0. The lowest BCUT2D eigenvalue weighted by molar-refractivity contribution is -0.156. The monoisotopic (exact) mass is 398 g/mol. The number of ketones is 1. The molecule has 2 atom stereocenters. The predicted octanol–water partition coefficient (Wildman–Crippen LogP) is 3.17. The number of rotatable bonds is 6. The second kappa shape index (κ2) is 8.03. The van der Waals surface area contributed by atoms with Crippen LogP contribution in [-0.2, 0) is 33.9 Å². The number of halogens is 1. The van der Waals surface area contributed by atoms with Crippen molar-refractivity contribution in [2.45, 2.75) is 44.6 Å². The molecule has 146 valence electrons. The lowest BCUT2D eigenvalue weighted by Crippen LogP contribution is -2.56. The van der Waals surface area contributed by atoms with E-state index in [1.54, 1.807) is 11.0 Å². The van der Waals surface area contributed by atoms with Gasteiger partial charge in [-0.25, -0.2) is 0 Å². The van der Waals surface area contributed by atoms with Crippen LogP contribution in [0.5, 0.6) is 0 Å². The minimum atomic E-state index is -0.594. The van der Waals surface area contributed by atoms with Crippen LogP contribution in [-0.4, -0.2) is 29.2 Å². The molecular formula is C22H23ClN2O3. The van der Waals surface area contributed by atoms with Crippen molar-refractivity contribution >= 4 is 23.3 Å². The highest BCUT2D eigenvalue weighted by molar-refractivity contribution is 6.30. The van der Waals surface area contributed by atoms with Gasteiger partial charge in [-0.05, 0) is 47.2 Å². The average molecular weight is 399 g/mol. The Morgan fingerprint density at radius 2 is 2.00 bits per heavy atom. The smallest absolute Gasteiger partial charge is 0.256 e. The molecule has 0 aliphatic carbocycles. The Kier molecular flexibility index (Phi) is 5.49. The highest BCUT2D eigenvalue weighted by Crippen LogP contribution is 2.34. The summed E-state index contributed by atoms with van der Waals surface area (Å²) in [5, 5.41) is 0.636. The maximum absolute atomic E-state index is 12.9. The van der Waals surface area contributed by atoms with Gasteiger partial charge in [-0.2, -0.15) is 0 Å². The number of fused-ring (bicyclic) bond motifs is 1. The van der Waals surface area contributed by atoms with Crippen LogP contribution < -0.4 is 5.73 Å². The fraction of sp³-hybridized carbons (Fsp3) is 0.364. The summed E-state index contributed by atoms with van der Waals surface area (Å²) in [4.78, 5) is 27.4. The number of carbonyl (C=O) groups is 2. The van der Waals surface area contributed by atoms with Crippen LogP contribution in [0.2, 0.25) is 5.02 Å². The molecule has 2 heterocycles. The third kappa shape index (κ3) is 3.58. The van der Waals surface area contributed by atoms with Crippen molar-refractivity contribution in [1.82, 2.24) is 4.90 Å². The van der Waals surface area contributed by atoms with Crippen LogP contribution in [0.4, 0.5) is 0 Å². The second-order valence-electron chi connectivity index (χ2n) is 7.31. The molecule has 2 N–H and O–H groups in total. The summed E-state index contributed by atoms with van der Waals surface area (Å²) < 4.78 is 5.71. The van der Waals surface area contributed by atoms with Gasteiger partial charge in [-0.3, -0.25) is 9.59 Å². The van der Waals surface area contributed by atoms with Crippen molar-refractivity contribution in [2.75, 3.05) is 6.54 Å². The number of likely N-dealkylation sites (tertiary alicyclic amines) is 1. The summed E-state index contributed by atoms with van der Waals surface area (Å²) in [5.74, 6) is -0.0335. The number of Topliss-reactive ketones (excluding diaryl/α,β-unsaturated/α-hetero) is 1. The summed E-state index contributed by atoms with van der Waals surface area (Å²) >= 11 is 6.08. The Morgan fingerprint density at radius 1 is 1.18 bits per heavy atom. The van der Waals surface area contributed by atoms with E-state index in [1.165, 1.54) is 0 Å². The van der Waals surface area contributed by atoms with Crippen molar-refractivity contribution < 1.29 is 14.3 Å². The van der Waals surface area contributed by atoms with Crippen LogP contribution in [0, 0.1) is 0 Å². The second-order valence-corrected chi connectivity index (χ2v) is 7.75. The number of aryl methyl sites for hydroxylation is 1. The van der Waals surface area contributed by atoms with Gasteiger partial charge in [0.2, 0.25) is 0 Å². The number of benzene rings is 2. The van der Waals surface area contributed by atoms with Crippen LogP contribution in [0.15, 0.2) is 42.5 Å². The van der Waals surface area contributed by atoms with E-state index in [4.69, 9.17) is 22.1 Å². The minimum absolute atomic E-state index is 0.0776. The number of carbonyl (C=O) groups excluding carboxylic acids is 2. The molecule has 5 nitrogen and oxygen atoms in total. The van der Waals surface area contributed by atoms with Crippen molar-refractivity contribution in [3.8, 4) is 0 Å². The molecule has 1 fully saturated rings. The van der Waals surface area contributed by atoms with E-state index in [0.717, 1.165) is 22.3 Å². The van der Waals surface area contributed by atoms with Gasteiger partial charge in [0.15, 0.2) is 11.9 Å². The van der Waals surface area contributed by atoms with E-state index in [9.17, 15) is 9.59 Å². The van der Waals surface area contributed by atoms with Gasteiger partial charge in [0.1, 0.15) is 0 Å². The van der Waals surface area contributed by atoms with Crippen LogP contribution in [0.25, 0.3) is 0 Å². The van der Waals surface area contributed by atoms with Gasteiger partial charge in [-0.15, -0.1) is 0 Å². The first-order valence-corrected chi connectivity index (χ1v) is 9.96. The Hall–Kier alpha value is -2.21. The molecule has 2 aliphatic heterocycles. The number of hydrogen-bond acceptors (Lipinski definition) is 4. The maximum Gasteiger partial charge on any atom is 0.256 e. The van der Waals surface area contributed by atoms with Crippen LogP contribution in [0.3, 0.4) is 0 Å².